The van der Waals surface area contributed by atoms with E-state index in [9.17, 15) is 43.5 Å². The number of hydrogen-bond acceptors (Lipinski definition) is 9. The third-order valence-corrected chi connectivity index (χ3v) is 17.9. The maximum atomic E-state index is 15.2. The van der Waals surface area contributed by atoms with Crippen LogP contribution in [-0.4, -0.2) is 97.9 Å². The average Bonchev–Trinajstić information content (AvgIpc) is 1.70. The summed E-state index contributed by atoms with van der Waals surface area (Å²) in [5.41, 5.74) is -18.0. The van der Waals surface area contributed by atoms with E-state index in [0.717, 1.165) is 55.7 Å². The van der Waals surface area contributed by atoms with E-state index in [2.05, 4.69) is 0 Å². The number of nitrogens with zero attached hydrogens (tertiary/aromatic N) is 4. The maximum absolute atomic E-state index is 15.2. The van der Waals surface area contributed by atoms with Gasteiger partial charge in [0, 0.05) is 16.6 Å². The van der Waals surface area contributed by atoms with Gasteiger partial charge in [0.05, 0.1) is 55.9 Å². The predicted molar refractivity (Wildman–Crippen MR) is 325 cm³/mol. The molecule has 0 saturated heterocycles. The molecular weight excluding hydrogens is 1270 g/mol. The summed E-state index contributed by atoms with van der Waals surface area (Å²) >= 11 is 0. The van der Waals surface area contributed by atoms with Crippen LogP contribution >= 0.6 is 0 Å². The molecule has 0 unspecified atom stereocenters. The summed E-state index contributed by atoms with van der Waals surface area (Å²) in [6.45, 7) is 27.3. The van der Waals surface area contributed by atoms with Crippen LogP contribution in [0.1, 0.15) is 222 Å². The highest BCUT2D eigenvalue weighted by Crippen LogP contribution is 2.59. The van der Waals surface area contributed by atoms with Crippen molar-refractivity contribution in [3.8, 4) is 5.75 Å². The summed E-state index contributed by atoms with van der Waals surface area (Å²) in [7, 11) is 0. The summed E-state index contributed by atoms with van der Waals surface area (Å²) in [6, 6.07) is 10.6. The summed E-state index contributed by atoms with van der Waals surface area (Å²) < 4.78 is 181. The van der Waals surface area contributed by atoms with E-state index in [4.69, 9.17) is 0 Å². The molecule has 0 bridgehead atoms. The van der Waals surface area contributed by atoms with Crippen molar-refractivity contribution in [3.63, 3.8) is 0 Å². The molecule has 25 heteroatoms. The third kappa shape index (κ3) is 10.5. The fourth-order valence-electron chi connectivity index (χ4n) is 13.5. The van der Waals surface area contributed by atoms with Crippen molar-refractivity contribution in [2.24, 2.45) is 0 Å². The first kappa shape index (κ1) is 70.2. The van der Waals surface area contributed by atoms with Gasteiger partial charge in [-0.1, -0.05) is 65.8 Å². The van der Waals surface area contributed by atoms with Gasteiger partial charge in [-0.25, -0.2) is 9.80 Å². The molecule has 10 rings (SSSR count). The Morgan fingerprint density at radius 3 is 0.884 bits per heavy atom. The Morgan fingerprint density at radius 1 is 0.316 bits per heavy atom. The number of hydrogen-bond donors (Lipinski definition) is 1. The molecule has 6 aromatic rings. The zero-order valence-electron chi connectivity index (χ0n) is 54.2. The number of imide groups is 4. The third-order valence-electron chi connectivity index (χ3n) is 17.9. The van der Waals surface area contributed by atoms with Crippen LogP contribution in [0, 0.1) is 27.7 Å². The molecule has 0 saturated carbocycles. The van der Waals surface area contributed by atoms with Crippen molar-refractivity contribution < 1.29 is 96.1 Å². The lowest BCUT2D eigenvalue weighted by Crippen LogP contribution is -2.55. The highest BCUT2D eigenvalue weighted by molar-refractivity contribution is 6.36. The fraction of sp³-hybridized carbons (Fsp3) is 0.371. The van der Waals surface area contributed by atoms with Gasteiger partial charge >= 0.3 is 24.7 Å². The van der Waals surface area contributed by atoms with Crippen LogP contribution in [0.4, 0.5) is 64.1 Å². The minimum atomic E-state index is -6.08. The lowest BCUT2D eigenvalue weighted by Gasteiger charge is -2.38. The normalized spacial score (nSPS) is 15.9. The molecule has 0 aliphatic carbocycles. The zero-order chi connectivity index (χ0) is 71.7. The van der Waals surface area contributed by atoms with Crippen molar-refractivity contribution >= 4 is 58.6 Å². The van der Waals surface area contributed by atoms with E-state index in [1.165, 1.54) is 59.7 Å². The Kier molecular flexibility index (Phi) is 16.2. The fourth-order valence-corrected chi connectivity index (χ4v) is 13.5. The Labute approximate surface area is 537 Å². The SMILES string of the molecule is CC(C)(C)c1cc(N2C(=O)c3ccc(C(c4ccc5c(c4)C(=O)N(C(C)(C)C)C5=O)(C(F)(F)F)C(F)(F)F)cc3C2=O)ccc1O.Cc1c(C)c(C(C)(C)C)c(C)c(C)c1N1C(=O)c2ccc(C(c3ccc4c(c3)C(=O)N(C(C)(C)C)C4=O)(C(F)(F)F)C(F)(F)F)cc2C1=O. The highest BCUT2D eigenvalue weighted by Gasteiger charge is 2.74. The second-order valence-electron chi connectivity index (χ2n) is 28.1. The number of carbonyl (C=O) groups excluding carboxylic acids is 8. The van der Waals surface area contributed by atoms with Gasteiger partial charge in [0.15, 0.2) is 0 Å². The predicted octanol–water partition coefficient (Wildman–Crippen LogP) is 16.1. The van der Waals surface area contributed by atoms with Gasteiger partial charge in [-0.15, -0.1) is 0 Å². The molecule has 0 aromatic heterocycles. The summed E-state index contributed by atoms with van der Waals surface area (Å²) in [5, 5.41) is 10.3. The first-order valence-electron chi connectivity index (χ1n) is 29.5. The Bertz CT molecular complexity index is 4340. The highest BCUT2D eigenvalue weighted by atomic mass is 19.4. The molecular formula is C70H64F12N4O9. The standard InChI is InChI=1S/C37H36F6N2O4.C33H28F6N2O5/c1-17-19(3)28(20(4)18(2)27(17)33(5,6)7)44-29(46)23-13-11-21(15-25(23)30(44)47)35(36(38,39)40,37(41,42)43)22-12-14-24-26(16-22)32(49)45(31(24)48)34(8,9)10;1-29(2,3)23-15-18(9-12-24(23)42)40-25(43)19-10-7-16(13-21(19)26(40)44)31(32(34,35)36,33(37,38)39)17-8-11-20-22(14-17)28(46)41(27(20)45)30(4,5)6/h11-16H,1-10H3;7-15,42H,1-6H3. The number of halogens is 12. The number of amides is 8. The minimum Gasteiger partial charge on any atom is -0.508 e. The molecule has 4 aliphatic heterocycles. The van der Waals surface area contributed by atoms with E-state index in [1.54, 1.807) is 34.6 Å². The van der Waals surface area contributed by atoms with E-state index in [-0.39, 0.29) is 39.2 Å². The van der Waals surface area contributed by atoms with Crippen LogP contribution in [0.5, 0.6) is 5.75 Å². The van der Waals surface area contributed by atoms with Crippen molar-refractivity contribution in [2.45, 2.75) is 168 Å². The molecule has 0 atom stereocenters. The first-order chi connectivity index (χ1) is 43.1. The summed E-state index contributed by atoms with van der Waals surface area (Å²) in [4.78, 5) is 110. The van der Waals surface area contributed by atoms with Crippen LogP contribution in [0.2, 0.25) is 0 Å². The average molecular weight is 1330 g/mol. The molecule has 0 fully saturated rings. The number of carbonyl (C=O) groups is 8. The smallest absolute Gasteiger partial charge is 0.411 e. The van der Waals surface area contributed by atoms with Crippen LogP contribution in [-0.2, 0) is 21.7 Å². The number of rotatable bonds is 6. The van der Waals surface area contributed by atoms with E-state index >= 15 is 52.7 Å². The Balaban J connectivity index is 0.000000224. The van der Waals surface area contributed by atoms with E-state index < -0.39 is 149 Å². The second kappa shape index (κ2) is 21.9. The van der Waals surface area contributed by atoms with Gasteiger partial charge in [-0.3, -0.25) is 48.2 Å². The van der Waals surface area contributed by atoms with Gasteiger partial charge in [0.2, 0.25) is 10.8 Å². The summed E-state index contributed by atoms with van der Waals surface area (Å²) in [5.74, 6) is -8.04. The van der Waals surface area contributed by atoms with Gasteiger partial charge in [0.25, 0.3) is 47.3 Å². The minimum absolute atomic E-state index is 0.0430. The van der Waals surface area contributed by atoms with Gasteiger partial charge in [-0.05, 0) is 197 Å². The number of anilines is 2. The number of phenols is 1. The number of alkyl halides is 12. The lowest BCUT2D eigenvalue weighted by molar-refractivity contribution is -0.290. The van der Waals surface area contributed by atoms with Gasteiger partial charge in [0.1, 0.15) is 5.75 Å². The van der Waals surface area contributed by atoms with E-state index in [1.807, 2.05) is 34.6 Å². The van der Waals surface area contributed by atoms with Crippen molar-refractivity contribution in [3.05, 3.63) is 191 Å². The molecule has 4 heterocycles. The molecule has 6 aromatic carbocycles. The quantitative estimate of drug-likeness (QED) is 0.126. The molecule has 502 valence electrons. The molecule has 0 spiro atoms. The largest absolute Gasteiger partial charge is 0.508 e. The topological polar surface area (TPSA) is 170 Å². The molecule has 4 aliphatic rings. The molecule has 95 heavy (non-hydrogen) atoms. The molecule has 1 N–H and O–H groups in total. The monoisotopic (exact) mass is 1330 g/mol. The first-order valence-corrected chi connectivity index (χ1v) is 29.5. The van der Waals surface area contributed by atoms with Gasteiger partial charge < -0.3 is 5.11 Å². The van der Waals surface area contributed by atoms with Crippen LogP contribution in [0.15, 0.2) is 91.0 Å². The Morgan fingerprint density at radius 2 is 0.589 bits per heavy atom. The van der Waals surface area contributed by atoms with E-state index in [0.29, 0.717) is 70.1 Å². The van der Waals surface area contributed by atoms with Crippen molar-refractivity contribution in [1.29, 1.82) is 0 Å². The molecule has 8 amide bonds. The summed E-state index contributed by atoms with van der Waals surface area (Å²) in [6.07, 6.45) is -24.3. The number of benzene rings is 6. The van der Waals surface area contributed by atoms with Crippen molar-refractivity contribution in [2.75, 3.05) is 9.80 Å². The maximum Gasteiger partial charge on any atom is 0.411 e. The lowest BCUT2D eigenvalue weighted by atomic mass is 9.71. The Hall–Kier alpha value is -9.16. The molecule has 0 radical (unpaired) electrons. The van der Waals surface area contributed by atoms with Gasteiger partial charge in [-0.2, -0.15) is 52.7 Å². The number of aromatic hydroxyl groups is 1. The van der Waals surface area contributed by atoms with Crippen LogP contribution < -0.4 is 9.80 Å². The van der Waals surface area contributed by atoms with Crippen molar-refractivity contribution in [1.82, 2.24) is 9.80 Å². The molecule has 13 nitrogen and oxygen atoms in total. The zero-order valence-corrected chi connectivity index (χ0v) is 54.2. The van der Waals surface area contributed by atoms with Crippen LogP contribution in [0.3, 0.4) is 0 Å². The number of phenolic OH excluding ortho intramolecular Hbond substituents is 1. The second-order valence-corrected chi connectivity index (χ2v) is 28.1. The van der Waals surface area contributed by atoms with Crippen LogP contribution in [0.25, 0.3) is 0 Å². The number of fused-ring (bicyclic) bond motifs is 4.